The number of carbonyl (C=O) groups excluding carboxylic acids is 2. The molecule has 0 spiro atoms. The molecule has 0 atom stereocenters. The van der Waals surface area contributed by atoms with Gasteiger partial charge in [0, 0.05) is 12.7 Å². The van der Waals surface area contributed by atoms with Gasteiger partial charge in [-0.15, -0.1) is 0 Å². The second-order valence-electron chi connectivity index (χ2n) is 6.14. The topological polar surface area (TPSA) is 79.5 Å². The lowest BCUT2D eigenvalue weighted by Gasteiger charge is -2.32. The Kier molecular flexibility index (Phi) is 5.41. The molecule has 0 aliphatic carbocycles. The van der Waals surface area contributed by atoms with Gasteiger partial charge in [0.05, 0.1) is 7.11 Å². The summed E-state index contributed by atoms with van der Waals surface area (Å²) in [5, 5.41) is 8.44. The van der Waals surface area contributed by atoms with E-state index in [2.05, 4.69) is 16.0 Å². The summed E-state index contributed by atoms with van der Waals surface area (Å²) in [5.41, 5.74) is -1.07. The van der Waals surface area contributed by atoms with Gasteiger partial charge in [0.1, 0.15) is 16.8 Å². The van der Waals surface area contributed by atoms with Gasteiger partial charge in [-0.3, -0.25) is 9.59 Å². The molecular formula is C16H25N3O3. The molecule has 0 heterocycles. The van der Waals surface area contributed by atoms with E-state index in [1.54, 1.807) is 34.8 Å². The van der Waals surface area contributed by atoms with Crippen LogP contribution < -0.4 is 20.7 Å². The van der Waals surface area contributed by atoms with Crippen molar-refractivity contribution in [1.29, 1.82) is 0 Å². The summed E-state index contributed by atoms with van der Waals surface area (Å²) in [4.78, 5) is 24.2. The van der Waals surface area contributed by atoms with E-state index in [1.165, 1.54) is 7.05 Å². The number of nitrogens with one attached hydrogen (secondary N) is 3. The molecule has 0 fully saturated rings. The number of rotatable bonds is 6. The van der Waals surface area contributed by atoms with Crippen molar-refractivity contribution in [3.63, 3.8) is 0 Å². The summed E-state index contributed by atoms with van der Waals surface area (Å²) in [6.45, 7) is 6.83. The van der Waals surface area contributed by atoms with Crippen molar-refractivity contribution < 1.29 is 14.3 Å². The zero-order valence-electron chi connectivity index (χ0n) is 14.0. The zero-order valence-corrected chi connectivity index (χ0v) is 14.0. The van der Waals surface area contributed by atoms with Gasteiger partial charge in [0.2, 0.25) is 11.8 Å². The average molecular weight is 307 g/mol. The van der Waals surface area contributed by atoms with Crippen LogP contribution in [0, 0.1) is 0 Å². The van der Waals surface area contributed by atoms with E-state index in [0.29, 0.717) is 0 Å². The Labute approximate surface area is 131 Å². The quantitative estimate of drug-likeness (QED) is 0.744. The number of amides is 2. The van der Waals surface area contributed by atoms with Gasteiger partial charge in [-0.1, -0.05) is 0 Å². The Balaban J connectivity index is 2.79. The van der Waals surface area contributed by atoms with Crippen molar-refractivity contribution in [2.45, 2.75) is 38.8 Å². The Morgan fingerprint density at radius 3 is 1.95 bits per heavy atom. The highest BCUT2D eigenvalue weighted by Gasteiger charge is 2.35. The summed E-state index contributed by atoms with van der Waals surface area (Å²) in [5.74, 6) is 0.228. The number of likely N-dealkylation sites (N-methyl/N-ethyl adjacent to an activating group) is 1. The number of hydrogen-bond acceptors (Lipinski definition) is 4. The maximum atomic E-state index is 12.4. The third-order valence-electron chi connectivity index (χ3n) is 3.34. The van der Waals surface area contributed by atoms with Crippen LogP contribution in [0.15, 0.2) is 24.3 Å². The van der Waals surface area contributed by atoms with Gasteiger partial charge in [0.25, 0.3) is 0 Å². The normalized spacial score (nSPS) is 11.5. The first-order chi connectivity index (χ1) is 10.1. The number of carbonyl (C=O) groups is 2. The first kappa shape index (κ1) is 17.8. The highest BCUT2D eigenvalue weighted by molar-refractivity contribution is 5.95. The molecule has 0 aliphatic rings. The number of anilines is 1. The Hall–Kier alpha value is -2.24. The SMILES string of the molecule is CNC(=O)C(C)(C)NC(=O)C(C)(C)Nc1ccc(OC)cc1. The molecule has 122 valence electrons. The molecule has 1 rings (SSSR count). The molecule has 6 heteroatoms. The molecule has 3 N–H and O–H groups in total. The van der Waals surface area contributed by atoms with Crippen molar-refractivity contribution in [2.24, 2.45) is 0 Å². The van der Waals surface area contributed by atoms with Crippen LogP contribution in [0.25, 0.3) is 0 Å². The molecule has 0 aliphatic heterocycles. The monoisotopic (exact) mass is 307 g/mol. The molecule has 0 unspecified atom stereocenters. The van der Waals surface area contributed by atoms with Crippen LogP contribution in [0.3, 0.4) is 0 Å². The molecule has 0 saturated carbocycles. The molecule has 1 aromatic carbocycles. The molecule has 22 heavy (non-hydrogen) atoms. The highest BCUT2D eigenvalue weighted by atomic mass is 16.5. The molecule has 0 saturated heterocycles. The van der Waals surface area contributed by atoms with E-state index in [4.69, 9.17) is 4.74 Å². The smallest absolute Gasteiger partial charge is 0.245 e. The lowest BCUT2D eigenvalue weighted by atomic mass is 9.98. The second kappa shape index (κ2) is 6.68. The summed E-state index contributed by atoms with van der Waals surface area (Å²) in [6.07, 6.45) is 0. The number of benzene rings is 1. The standard InChI is InChI=1S/C16H25N3O3/c1-15(2,13(20)17-5)19-14(21)16(3,4)18-11-7-9-12(22-6)10-8-11/h7-10,18H,1-6H3,(H,17,20)(H,19,21). The van der Waals surface area contributed by atoms with Gasteiger partial charge in [-0.05, 0) is 52.0 Å². The van der Waals surface area contributed by atoms with Crippen molar-refractivity contribution in [3.8, 4) is 5.75 Å². The first-order valence-corrected chi connectivity index (χ1v) is 7.09. The van der Waals surface area contributed by atoms with Gasteiger partial charge in [0.15, 0.2) is 0 Å². The van der Waals surface area contributed by atoms with Crippen LogP contribution in [0.1, 0.15) is 27.7 Å². The summed E-state index contributed by atoms with van der Waals surface area (Å²) >= 11 is 0. The van der Waals surface area contributed by atoms with E-state index < -0.39 is 11.1 Å². The van der Waals surface area contributed by atoms with Crippen LogP contribution in [-0.4, -0.2) is 37.0 Å². The minimum atomic E-state index is -0.981. The van der Waals surface area contributed by atoms with E-state index >= 15 is 0 Å². The fourth-order valence-corrected chi connectivity index (χ4v) is 1.90. The van der Waals surface area contributed by atoms with Crippen LogP contribution in [0.2, 0.25) is 0 Å². The minimum absolute atomic E-state index is 0.249. The third-order valence-corrected chi connectivity index (χ3v) is 3.34. The van der Waals surface area contributed by atoms with Gasteiger partial charge < -0.3 is 20.7 Å². The van der Waals surface area contributed by atoms with Gasteiger partial charge in [-0.25, -0.2) is 0 Å². The fraction of sp³-hybridized carbons (Fsp3) is 0.500. The van der Waals surface area contributed by atoms with Gasteiger partial charge in [-0.2, -0.15) is 0 Å². The van der Waals surface area contributed by atoms with Gasteiger partial charge >= 0.3 is 0 Å². The van der Waals surface area contributed by atoms with Crippen LogP contribution in [-0.2, 0) is 9.59 Å². The zero-order chi connectivity index (χ0) is 17.0. The van der Waals surface area contributed by atoms with E-state index in [-0.39, 0.29) is 11.8 Å². The maximum absolute atomic E-state index is 12.4. The lowest BCUT2D eigenvalue weighted by molar-refractivity contribution is -0.133. The fourth-order valence-electron chi connectivity index (χ4n) is 1.90. The summed E-state index contributed by atoms with van der Waals surface area (Å²) < 4.78 is 5.10. The van der Waals surface area contributed by atoms with Crippen molar-refractivity contribution >= 4 is 17.5 Å². The van der Waals surface area contributed by atoms with Crippen LogP contribution >= 0.6 is 0 Å². The molecule has 2 amide bonds. The van der Waals surface area contributed by atoms with Crippen LogP contribution in [0.5, 0.6) is 5.75 Å². The van der Waals surface area contributed by atoms with Crippen LogP contribution in [0.4, 0.5) is 5.69 Å². The molecule has 0 aromatic heterocycles. The number of ether oxygens (including phenoxy) is 1. The number of methoxy groups -OCH3 is 1. The van der Waals surface area contributed by atoms with Crippen molar-refractivity contribution in [2.75, 3.05) is 19.5 Å². The largest absolute Gasteiger partial charge is 0.497 e. The van der Waals surface area contributed by atoms with E-state index in [9.17, 15) is 9.59 Å². The second-order valence-corrected chi connectivity index (χ2v) is 6.14. The van der Waals surface area contributed by atoms with Crippen molar-refractivity contribution in [1.82, 2.24) is 10.6 Å². The molecule has 1 aromatic rings. The third kappa shape index (κ3) is 4.38. The van der Waals surface area contributed by atoms with Crippen molar-refractivity contribution in [3.05, 3.63) is 24.3 Å². The van der Waals surface area contributed by atoms with E-state index in [1.807, 2.05) is 24.3 Å². The molecular weight excluding hydrogens is 282 g/mol. The predicted molar refractivity (Wildman–Crippen MR) is 87.0 cm³/mol. The summed E-state index contributed by atoms with van der Waals surface area (Å²) in [6, 6.07) is 7.28. The Morgan fingerprint density at radius 2 is 1.50 bits per heavy atom. The number of hydrogen-bond donors (Lipinski definition) is 3. The Bertz CT molecular complexity index is 536. The summed E-state index contributed by atoms with van der Waals surface area (Å²) in [7, 11) is 3.14. The lowest BCUT2D eigenvalue weighted by Crippen LogP contribution is -2.60. The Morgan fingerprint density at radius 1 is 0.955 bits per heavy atom. The maximum Gasteiger partial charge on any atom is 0.245 e. The average Bonchev–Trinajstić information content (AvgIpc) is 2.46. The first-order valence-electron chi connectivity index (χ1n) is 7.09. The molecule has 6 nitrogen and oxygen atoms in total. The molecule has 0 radical (unpaired) electrons. The molecule has 0 bridgehead atoms. The predicted octanol–water partition coefficient (Wildman–Crippen LogP) is 1.53. The minimum Gasteiger partial charge on any atom is -0.497 e. The van der Waals surface area contributed by atoms with E-state index in [0.717, 1.165) is 11.4 Å². The highest BCUT2D eigenvalue weighted by Crippen LogP contribution is 2.20.